The molecule has 2 N–H and O–H groups in total. The molecule has 94 valence electrons. The smallest absolute Gasteiger partial charge is 0.329 e. The molecule has 17 heavy (non-hydrogen) atoms. The van der Waals surface area contributed by atoms with Crippen LogP contribution in [0.2, 0.25) is 0 Å². The summed E-state index contributed by atoms with van der Waals surface area (Å²) in [6.45, 7) is 1.08. The Bertz CT molecular complexity index is 428. The Morgan fingerprint density at radius 2 is 2.00 bits per heavy atom. The van der Waals surface area contributed by atoms with Crippen LogP contribution in [0.15, 0.2) is 18.2 Å². The molecule has 1 unspecified atom stereocenters. The van der Waals surface area contributed by atoms with Gasteiger partial charge in [0.05, 0.1) is 11.5 Å². The Labute approximate surface area is 95.4 Å². The Morgan fingerprint density at radius 3 is 2.35 bits per heavy atom. The first-order valence-electron chi connectivity index (χ1n) is 4.84. The number of halogens is 4. The summed E-state index contributed by atoms with van der Waals surface area (Å²) in [4.78, 5) is 11.1. The Morgan fingerprint density at radius 1 is 1.41 bits per heavy atom. The van der Waals surface area contributed by atoms with Gasteiger partial charge in [0.15, 0.2) is 0 Å². The molecule has 0 bridgehead atoms. The van der Waals surface area contributed by atoms with Gasteiger partial charge in [-0.05, 0) is 24.6 Å². The zero-order chi connectivity index (χ0) is 13.2. The van der Waals surface area contributed by atoms with Crippen LogP contribution in [0.1, 0.15) is 24.0 Å². The lowest BCUT2D eigenvalue weighted by Gasteiger charge is -2.14. The number of Topliss-reactive ketones (excluding diaryl/α,β-unsaturated/α-hetero) is 1. The molecule has 0 radical (unpaired) electrons. The Kier molecular flexibility index (Phi) is 3.87. The molecular weight excluding hydrogens is 238 g/mol. The van der Waals surface area contributed by atoms with Crippen LogP contribution in [0.4, 0.5) is 17.6 Å². The van der Waals surface area contributed by atoms with Gasteiger partial charge in [0, 0.05) is 6.54 Å². The summed E-state index contributed by atoms with van der Waals surface area (Å²) in [5.41, 5.74) is 4.10. The van der Waals surface area contributed by atoms with E-state index in [9.17, 15) is 22.4 Å². The van der Waals surface area contributed by atoms with E-state index in [2.05, 4.69) is 0 Å². The molecule has 0 spiro atoms. The average Bonchev–Trinajstić information content (AvgIpc) is 2.19. The predicted octanol–water partition coefficient (Wildman–Crippen LogP) is 2.48. The number of carbonyl (C=O) groups is 1. The molecule has 0 aliphatic rings. The third-order valence-electron chi connectivity index (χ3n) is 2.43. The highest BCUT2D eigenvalue weighted by Gasteiger charge is 2.32. The lowest BCUT2D eigenvalue weighted by Crippen LogP contribution is -2.21. The summed E-state index contributed by atoms with van der Waals surface area (Å²) in [6, 6.07) is 2.07. The van der Waals surface area contributed by atoms with E-state index >= 15 is 0 Å². The lowest BCUT2D eigenvalue weighted by atomic mass is 9.94. The van der Waals surface area contributed by atoms with Crippen molar-refractivity contribution in [3.8, 4) is 0 Å². The van der Waals surface area contributed by atoms with Crippen LogP contribution in [-0.4, -0.2) is 12.3 Å². The average molecular weight is 249 g/mol. The number of hydrogen-bond donors (Lipinski definition) is 1. The van der Waals surface area contributed by atoms with Gasteiger partial charge in [-0.2, -0.15) is 13.2 Å². The first-order chi connectivity index (χ1) is 7.77. The van der Waals surface area contributed by atoms with E-state index in [1.807, 2.05) is 0 Å². The van der Waals surface area contributed by atoms with Crippen LogP contribution in [0.25, 0.3) is 0 Å². The quantitative estimate of drug-likeness (QED) is 0.836. The molecule has 1 aromatic carbocycles. The molecule has 0 aliphatic carbocycles. The summed E-state index contributed by atoms with van der Waals surface area (Å²) in [5.74, 6) is -2.35. The summed E-state index contributed by atoms with van der Waals surface area (Å²) < 4.78 is 50.3. The van der Waals surface area contributed by atoms with Gasteiger partial charge in [-0.1, -0.05) is 6.07 Å². The molecule has 0 saturated heterocycles. The van der Waals surface area contributed by atoms with Gasteiger partial charge in [0.25, 0.3) is 0 Å². The molecule has 2 nitrogen and oxygen atoms in total. The number of rotatable bonds is 3. The summed E-state index contributed by atoms with van der Waals surface area (Å²) in [5, 5.41) is 0. The second-order valence-electron chi connectivity index (χ2n) is 3.63. The van der Waals surface area contributed by atoms with Gasteiger partial charge < -0.3 is 5.73 Å². The second kappa shape index (κ2) is 4.83. The van der Waals surface area contributed by atoms with Crippen molar-refractivity contribution in [3.63, 3.8) is 0 Å². The van der Waals surface area contributed by atoms with Crippen molar-refractivity contribution in [2.45, 2.75) is 19.0 Å². The molecule has 1 aromatic rings. The standard InChI is InChI=1S/C11H11F4NO/c1-6(17)9(5-16)8-3-2-7(4-10(8)12)11(13,14)15/h2-4,9H,5,16H2,1H3. The van der Waals surface area contributed by atoms with Gasteiger partial charge in [-0.15, -0.1) is 0 Å². The molecule has 0 fully saturated rings. The van der Waals surface area contributed by atoms with Gasteiger partial charge in [0.2, 0.25) is 0 Å². The number of benzene rings is 1. The van der Waals surface area contributed by atoms with Gasteiger partial charge in [-0.25, -0.2) is 4.39 Å². The largest absolute Gasteiger partial charge is 0.416 e. The topological polar surface area (TPSA) is 43.1 Å². The van der Waals surface area contributed by atoms with Crippen molar-refractivity contribution in [2.24, 2.45) is 5.73 Å². The molecule has 6 heteroatoms. The fraction of sp³-hybridized carbons (Fsp3) is 0.364. The van der Waals surface area contributed by atoms with Crippen molar-refractivity contribution in [3.05, 3.63) is 35.1 Å². The normalized spacial score (nSPS) is 13.5. The molecular formula is C11H11F4NO. The molecule has 0 aliphatic heterocycles. The first kappa shape index (κ1) is 13.6. The minimum Gasteiger partial charge on any atom is -0.329 e. The van der Waals surface area contributed by atoms with Gasteiger partial charge >= 0.3 is 6.18 Å². The van der Waals surface area contributed by atoms with E-state index in [1.165, 1.54) is 6.92 Å². The Balaban J connectivity index is 3.18. The zero-order valence-electron chi connectivity index (χ0n) is 9.01. The highest BCUT2D eigenvalue weighted by Crippen LogP contribution is 2.31. The van der Waals surface area contributed by atoms with Gasteiger partial charge in [-0.3, -0.25) is 4.79 Å². The zero-order valence-corrected chi connectivity index (χ0v) is 9.01. The fourth-order valence-corrected chi connectivity index (χ4v) is 1.50. The van der Waals surface area contributed by atoms with Crippen molar-refractivity contribution >= 4 is 5.78 Å². The molecule has 1 rings (SSSR count). The van der Waals surface area contributed by atoms with Crippen molar-refractivity contribution in [1.29, 1.82) is 0 Å². The number of hydrogen-bond acceptors (Lipinski definition) is 2. The van der Waals surface area contributed by atoms with Crippen LogP contribution in [0.3, 0.4) is 0 Å². The van der Waals surface area contributed by atoms with E-state index in [4.69, 9.17) is 5.73 Å². The number of ketones is 1. The minimum absolute atomic E-state index is 0.104. The first-order valence-corrected chi connectivity index (χ1v) is 4.84. The predicted molar refractivity (Wildman–Crippen MR) is 53.9 cm³/mol. The molecule has 1 atom stereocenters. The third kappa shape index (κ3) is 3.03. The minimum atomic E-state index is -4.60. The molecule has 0 aromatic heterocycles. The molecule has 0 amide bonds. The highest BCUT2D eigenvalue weighted by molar-refractivity contribution is 5.83. The van der Waals surface area contributed by atoms with Crippen LogP contribution >= 0.6 is 0 Å². The summed E-state index contributed by atoms with van der Waals surface area (Å²) in [6.07, 6.45) is -4.60. The fourth-order valence-electron chi connectivity index (χ4n) is 1.50. The van der Waals surface area contributed by atoms with Crippen LogP contribution in [0.5, 0.6) is 0 Å². The van der Waals surface area contributed by atoms with Crippen molar-refractivity contribution < 1.29 is 22.4 Å². The summed E-state index contributed by atoms with van der Waals surface area (Å²) >= 11 is 0. The lowest BCUT2D eigenvalue weighted by molar-refractivity contribution is -0.137. The van der Waals surface area contributed by atoms with E-state index in [-0.39, 0.29) is 17.9 Å². The van der Waals surface area contributed by atoms with E-state index in [1.54, 1.807) is 0 Å². The molecule has 0 heterocycles. The van der Waals surface area contributed by atoms with Gasteiger partial charge in [0.1, 0.15) is 11.6 Å². The maximum absolute atomic E-state index is 13.5. The maximum atomic E-state index is 13.5. The number of alkyl halides is 3. The van der Waals surface area contributed by atoms with Crippen molar-refractivity contribution in [2.75, 3.05) is 6.54 Å². The SMILES string of the molecule is CC(=O)C(CN)c1ccc(C(F)(F)F)cc1F. The highest BCUT2D eigenvalue weighted by atomic mass is 19.4. The Hall–Kier alpha value is -1.43. The van der Waals surface area contributed by atoms with E-state index < -0.39 is 23.5 Å². The number of nitrogens with two attached hydrogens (primary N) is 1. The van der Waals surface area contributed by atoms with Crippen LogP contribution < -0.4 is 5.73 Å². The van der Waals surface area contributed by atoms with E-state index in [0.29, 0.717) is 6.07 Å². The second-order valence-corrected chi connectivity index (χ2v) is 3.63. The van der Waals surface area contributed by atoms with E-state index in [0.717, 1.165) is 12.1 Å². The maximum Gasteiger partial charge on any atom is 0.416 e. The molecule has 0 saturated carbocycles. The monoisotopic (exact) mass is 249 g/mol. The third-order valence-corrected chi connectivity index (χ3v) is 2.43. The summed E-state index contributed by atoms with van der Waals surface area (Å²) in [7, 11) is 0. The van der Waals surface area contributed by atoms with Crippen LogP contribution in [0, 0.1) is 5.82 Å². The van der Waals surface area contributed by atoms with Crippen molar-refractivity contribution in [1.82, 2.24) is 0 Å². The number of carbonyl (C=O) groups excluding carboxylic acids is 1. The van der Waals surface area contributed by atoms with Crippen LogP contribution in [-0.2, 0) is 11.0 Å².